The van der Waals surface area contributed by atoms with Gasteiger partial charge in [-0.25, -0.2) is 4.99 Å². The number of hydrogen-bond donors (Lipinski definition) is 2. The number of unbranched alkanes of at least 4 members (excludes halogenated alkanes) is 1. The van der Waals surface area contributed by atoms with Crippen molar-refractivity contribution in [3.8, 4) is 0 Å². The van der Waals surface area contributed by atoms with Gasteiger partial charge in [-0.3, -0.25) is 10.1 Å². The van der Waals surface area contributed by atoms with Crippen molar-refractivity contribution in [2.75, 3.05) is 20.3 Å². The van der Waals surface area contributed by atoms with Crippen molar-refractivity contribution in [1.29, 1.82) is 0 Å². The minimum Gasteiger partial charge on any atom is -0.383 e. The minimum absolute atomic E-state index is 0.0888. The van der Waals surface area contributed by atoms with Gasteiger partial charge in [-0.2, -0.15) is 0 Å². The second kappa shape index (κ2) is 10.6. The van der Waals surface area contributed by atoms with Gasteiger partial charge in [0.2, 0.25) is 0 Å². The molecule has 128 valence electrons. The van der Waals surface area contributed by atoms with Gasteiger partial charge >= 0.3 is 0 Å². The molecule has 0 fully saturated rings. The van der Waals surface area contributed by atoms with Gasteiger partial charge in [0.25, 0.3) is 5.69 Å². The van der Waals surface area contributed by atoms with Gasteiger partial charge in [0.15, 0.2) is 5.96 Å². The molecule has 1 aromatic carbocycles. The summed E-state index contributed by atoms with van der Waals surface area (Å²) in [6, 6.07) is 6.59. The number of rotatable bonds is 9. The van der Waals surface area contributed by atoms with Crippen LogP contribution in [0.4, 0.5) is 5.69 Å². The van der Waals surface area contributed by atoms with Crippen LogP contribution < -0.4 is 10.6 Å². The lowest BCUT2D eigenvalue weighted by Crippen LogP contribution is -2.44. The summed E-state index contributed by atoms with van der Waals surface area (Å²) in [5.41, 5.74) is 1.01. The monoisotopic (exact) mass is 322 g/mol. The zero-order valence-electron chi connectivity index (χ0n) is 14.0. The molecule has 0 aliphatic carbocycles. The molecule has 0 aromatic heterocycles. The van der Waals surface area contributed by atoms with Crippen LogP contribution in [0.3, 0.4) is 0 Å². The molecule has 1 atom stereocenters. The van der Waals surface area contributed by atoms with Crippen molar-refractivity contribution in [2.45, 2.75) is 39.3 Å². The molecule has 7 heteroatoms. The second-order valence-electron chi connectivity index (χ2n) is 5.37. The van der Waals surface area contributed by atoms with Crippen molar-refractivity contribution >= 4 is 11.6 Å². The summed E-state index contributed by atoms with van der Waals surface area (Å²) in [6.45, 7) is 6.05. The predicted octanol–water partition coefficient (Wildman–Crippen LogP) is 2.47. The molecule has 0 aliphatic rings. The molecule has 0 spiro atoms. The first-order valence-electron chi connectivity index (χ1n) is 7.84. The van der Waals surface area contributed by atoms with Crippen LogP contribution in [-0.2, 0) is 11.3 Å². The minimum atomic E-state index is -0.404. The Labute approximate surface area is 137 Å². The Morgan fingerprint density at radius 2 is 2.09 bits per heavy atom. The molecule has 0 aliphatic heterocycles. The summed E-state index contributed by atoms with van der Waals surface area (Å²) in [7, 11) is 1.66. The van der Waals surface area contributed by atoms with Crippen molar-refractivity contribution in [1.82, 2.24) is 10.6 Å². The van der Waals surface area contributed by atoms with Crippen LogP contribution in [0.25, 0.3) is 0 Å². The number of nitrogens with zero attached hydrogens (tertiary/aromatic N) is 2. The lowest BCUT2D eigenvalue weighted by molar-refractivity contribution is -0.384. The van der Waals surface area contributed by atoms with E-state index in [1.54, 1.807) is 19.2 Å². The van der Waals surface area contributed by atoms with Crippen molar-refractivity contribution < 1.29 is 9.66 Å². The van der Waals surface area contributed by atoms with Gasteiger partial charge in [-0.05, 0) is 18.9 Å². The quantitative estimate of drug-likeness (QED) is 0.240. The maximum atomic E-state index is 10.7. The molecule has 0 bridgehead atoms. The number of guanidine groups is 1. The number of nitro benzene ring substituents is 1. The van der Waals surface area contributed by atoms with Gasteiger partial charge < -0.3 is 15.4 Å². The number of nitrogens with one attached hydrogen (secondary N) is 2. The molecule has 0 radical (unpaired) electrons. The number of nitro groups is 1. The maximum Gasteiger partial charge on any atom is 0.269 e. The van der Waals surface area contributed by atoms with Crippen LogP contribution >= 0.6 is 0 Å². The van der Waals surface area contributed by atoms with Gasteiger partial charge in [0.05, 0.1) is 18.1 Å². The summed E-state index contributed by atoms with van der Waals surface area (Å²) in [6.07, 6.45) is 2.17. The highest BCUT2D eigenvalue weighted by molar-refractivity contribution is 5.80. The standard InChI is InChI=1S/C16H26N4O3/c1-4-5-10-17-16(19-13(2)12-23-3)18-11-14-6-8-15(9-7-14)20(21)22/h6-9,13H,4-5,10-12H2,1-3H3,(H2,17,18,19). The summed E-state index contributed by atoms with van der Waals surface area (Å²) >= 11 is 0. The van der Waals surface area contributed by atoms with Crippen LogP contribution in [-0.4, -0.2) is 37.2 Å². The van der Waals surface area contributed by atoms with E-state index in [0.717, 1.165) is 30.9 Å². The third kappa shape index (κ3) is 7.60. The first-order chi connectivity index (χ1) is 11.1. The van der Waals surface area contributed by atoms with Crippen LogP contribution in [0.15, 0.2) is 29.3 Å². The van der Waals surface area contributed by atoms with Crippen molar-refractivity contribution in [2.24, 2.45) is 4.99 Å². The lowest BCUT2D eigenvalue weighted by Gasteiger charge is -2.17. The van der Waals surface area contributed by atoms with Crippen molar-refractivity contribution in [3.05, 3.63) is 39.9 Å². The average molecular weight is 322 g/mol. The average Bonchev–Trinajstić information content (AvgIpc) is 2.53. The normalized spacial score (nSPS) is 12.7. The van der Waals surface area contributed by atoms with E-state index in [9.17, 15) is 10.1 Å². The summed E-state index contributed by atoms with van der Waals surface area (Å²) in [5, 5.41) is 17.2. The number of non-ortho nitro benzene ring substituents is 1. The van der Waals surface area contributed by atoms with Crippen LogP contribution in [0, 0.1) is 10.1 Å². The largest absolute Gasteiger partial charge is 0.383 e. The lowest BCUT2D eigenvalue weighted by atomic mass is 10.2. The predicted molar refractivity (Wildman–Crippen MR) is 91.6 cm³/mol. The molecule has 0 saturated carbocycles. The fourth-order valence-corrected chi connectivity index (χ4v) is 1.95. The molecule has 7 nitrogen and oxygen atoms in total. The van der Waals surface area contributed by atoms with E-state index in [0.29, 0.717) is 13.2 Å². The zero-order valence-corrected chi connectivity index (χ0v) is 14.0. The summed E-state index contributed by atoms with van der Waals surface area (Å²) in [5.74, 6) is 0.723. The highest BCUT2D eigenvalue weighted by atomic mass is 16.6. The molecular formula is C16H26N4O3. The Hall–Kier alpha value is -2.15. The second-order valence-corrected chi connectivity index (χ2v) is 5.37. The van der Waals surface area contributed by atoms with E-state index < -0.39 is 4.92 Å². The summed E-state index contributed by atoms with van der Waals surface area (Å²) < 4.78 is 5.12. The first kappa shape index (κ1) is 18.9. The Bertz CT molecular complexity index is 503. The van der Waals surface area contributed by atoms with E-state index in [1.165, 1.54) is 12.1 Å². The van der Waals surface area contributed by atoms with Gasteiger partial charge in [-0.1, -0.05) is 25.5 Å². The highest BCUT2D eigenvalue weighted by Gasteiger charge is 2.06. The first-order valence-corrected chi connectivity index (χ1v) is 7.84. The van der Waals surface area contributed by atoms with Gasteiger partial charge in [0.1, 0.15) is 0 Å². The molecule has 0 heterocycles. The van der Waals surface area contributed by atoms with Gasteiger partial charge in [0, 0.05) is 31.8 Å². The number of ether oxygens (including phenoxy) is 1. The Balaban J connectivity index is 2.67. The Kier molecular flexibility index (Phi) is 8.67. The van der Waals surface area contributed by atoms with Crippen LogP contribution in [0.1, 0.15) is 32.3 Å². The molecular weight excluding hydrogens is 296 g/mol. The van der Waals surface area contributed by atoms with E-state index >= 15 is 0 Å². The third-order valence-corrected chi connectivity index (χ3v) is 3.19. The number of methoxy groups -OCH3 is 1. The van der Waals surface area contributed by atoms with E-state index in [4.69, 9.17) is 4.74 Å². The van der Waals surface area contributed by atoms with Gasteiger partial charge in [-0.15, -0.1) is 0 Å². The number of aliphatic imine (C=N–C) groups is 1. The fraction of sp³-hybridized carbons (Fsp3) is 0.562. The zero-order chi connectivity index (χ0) is 17.1. The SMILES string of the molecule is CCCCNC(=NCc1ccc([N+](=O)[O-])cc1)NC(C)COC. The highest BCUT2D eigenvalue weighted by Crippen LogP contribution is 2.12. The molecule has 0 saturated heterocycles. The smallest absolute Gasteiger partial charge is 0.269 e. The maximum absolute atomic E-state index is 10.7. The number of hydrogen-bond acceptors (Lipinski definition) is 4. The van der Waals surface area contributed by atoms with Crippen molar-refractivity contribution in [3.63, 3.8) is 0 Å². The van der Waals surface area contributed by atoms with E-state index in [-0.39, 0.29) is 11.7 Å². The molecule has 1 aromatic rings. The van der Waals surface area contributed by atoms with E-state index in [2.05, 4.69) is 22.5 Å². The third-order valence-electron chi connectivity index (χ3n) is 3.19. The summed E-state index contributed by atoms with van der Waals surface area (Å²) in [4.78, 5) is 14.8. The van der Waals surface area contributed by atoms with E-state index in [1.807, 2.05) is 6.92 Å². The van der Waals surface area contributed by atoms with Crippen LogP contribution in [0.5, 0.6) is 0 Å². The molecule has 23 heavy (non-hydrogen) atoms. The number of benzene rings is 1. The Morgan fingerprint density at radius 3 is 2.65 bits per heavy atom. The fourth-order valence-electron chi connectivity index (χ4n) is 1.95. The van der Waals surface area contributed by atoms with Crippen LogP contribution in [0.2, 0.25) is 0 Å². The molecule has 1 rings (SSSR count). The molecule has 1 unspecified atom stereocenters. The Morgan fingerprint density at radius 1 is 1.39 bits per heavy atom. The topological polar surface area (TPSA) is 88.8 Å². The molecule has 2 N–H and O–H groups in total. The molecule has 0 amide bonds.